The van der Waals surface area contributed by atoms with Gasteiger partial charge >= 0.3 is 6.18 Å². The largest absolute Gasteiger partial charge is 0.506 e. The summed E-state index contributed by atoms with van der Waals surface area (Å²) in [5, 5.41) is 12.9. The molecule has 34 heavy (non-hydrogen) atoms. The molecular weight excluding hydrogens is 605 g/mol. The van der Waals surface area contributed by atoms with E-state index in [1.165, 1.54) is 24.3 Å². The molecule has 12 heteroatoms. The lowest BCUT2D eigenvalue weighted by Crippen LogP contribution is -2.13. The van der Waals surface area contributed by atoms with Crippen LogP contribution in [-0.4, -0.2) is 19.4 Å². The number of nitrogens with one attached hydrogen (secondary N) is 2. The Bertz CT molecular complexity index is 1450. The fourth-order valence-electron chi connectivity index (χ4n) is 3.27. The SMILES string of the molecule is O=C1Nc2ccc(S(=O)(=O)Nc3ccc(C(F)(F)F)cc3)cc2C1=Cc1cc(Br)cc(Br)c1O. The van der Waals surface area contributed by atoms with Crippen LogP contribution in [0.2, 0.25) is 0 Å². The molecule has 1 aliphatic heterocycles. The zero-order valence-corrected chi connectivity index (χ0v) is 20.7. The van der Waals surface area contributed by atoms with Crippen LogP contribution in [0.25, 0.3) is 11.6 Å². The maximum absolute atomic E-state index is 12.9. The number of rotatable bonds is 4. The number of carbonyl (C=O) groups is 1. The first-order chi connectivity index (χ1) is 15.8. The Balaban J connectivity index is 1.70. The van der Waals surface area contributed by atoms with Gasteiger partial charge in [-0.05, 0) is 76.6 Å². The third-order valence-electron chi connectivity index (χ3n) is 4.91. The van der Waals surface area contributed by atoms with Gasteiger partial charge in [-0.3, -0.25) is 9.52 Å². The molecule has 176 valence electrons. The van der Waals surface area contributed by atoms with Gasteiger partial charge in [0.1, 0.15) is 5.75 Å². The van der Waals surface area contributed by atoms with E-state index < -0.39 is 27.7 Å². The Morgan fingerprint density at radius 1 is 1.00 bits per heavy atom. The second-order valence-electron chi connectivity index (χ2n) is 7.23. The van der Waals surface area contributed by atoms with Gasteiger partial charge in [-0.1, -0.05) is 15.9 Å². The van der Waals surface area contributed by atoms with Crippen LogP contribution in [0, 0.1) is 0 Å². The van der Waals surface area contributed by atoms with Crippen LogP contribution in [0.15, 0.2) is 68.4 Å². The third-order valence-corrected chi connectivity index (χ3v) is 7.35. The summed E-state index contributed by atoms with van der Waals surface area (Å²) in [6, 6.07) is 10.7. The van der Waals surface area contributed by atoms with E-state index in [1.54, 1.807) is 12.1 Å². The number of halogens is 5. The number of hydrogen-bond acceptors (Lipinski definition) is 4. The molecule has 0 saturated heterocycles. The zero-order valence-electron chi connectivity index (χ0n) is 16.7. The quantitative estimate of drug-likeness (QED) is 0.303. The monoisotopic (exact) mass is 616 g/mol. The van der Waals surface area contributed by atoms with E-state index >= 15 is 0 Å². The first-order valence-corrected chi connectivity index (χ1v) is 12.5. The van der Waals surface area contributed by atoms with Crippen molar-refractivity contribution >= 4 is 70.8 Å². The van der Waals surface area contributed by atoms with E-state index in [0.717, 1.165) is 24.3 Å². The van der Waals surface area contributed by atoms with Gasteiger partial charge in [0.25, 0.3) is 15.9 Å². The minimum absolute atomic E-state index is 0.0534. The first kappa shape index (κ1) is 24.3. The number of carbonyl (C=O) groups excluding carboxylic acids is 1. The third kappa shape index (κ3) is 4.84. The Morgan fingerprint density at radius 2 is 1.68 bits per heavy atom. The van der Waals surface area contributed by atoms with Crippen LogP contribution < -0.4 is 10.0 Å². The van der Waals surface area contributed by atoms with Crippen molar-refractivity contribution in [1.29, 1.82) is 0 Å². The van der Waals surface area contributed by atoms with E-state index in [-0.39, 0.29) is 27.5 Å². The molecule has 3 aromatic rings. The molecule has 0 unspecified atom stereocenters. The average Bonchev–Trinajstić information content (AvgIpc) is 3.05. The summed E-state index contributed by atoms with van der Waals surface area (Å²) >= 11 is 6.52. The topological polar surface area (TPSA) is 95.5 Å². The van der Waals surface area contributed by atoms with Crippen molar-refractivity contribution in [2.75, 3.05) is 10.0 Å². The van der Waals surface area contributed by atoms with E-state index in [9.17, 15) is 31.5 Å². The second kappa shape index (κ2) is 8.75. The summed E-state index contributed by atoms with van der Waals surface area (Å²) in [6.07, 6.45) is -3.12. The van der Waals surface area contributed by atoms with Crippen molar-refractivity contribution in [3.8, 4) is 5.75 Å². The Morgan fingerprint density at radius 3 is 2.32 bits per heavy atom. The highest BCUT2D eigenvalue weighted by atomic mass is 79.9. The van der Waals surface area contributed by atoms with Crippen LogP contribution in [0.5, 0.6) is 5.75 Å². The molecular formula is C22H13Br2F3N2O4S. The maximum Gasteiger partial charge on any atom is 0.416 e. The molecule has 0 aromatic heterocycles. The standard InChI is InChI=1S/C22H13Br2F3N2O4S/c23-13-7-11(20(30)18(24)9-13)8-17-16-10-15(5-6-19(16)28-21(17)31)34(32,33)29-14-3-1-12(2-4-14)22(25,26)27/h1-10,29-30H,(H,28,31). The van der Waals surface area contributed by atoms with Crippen molar-refractivity contribution in [3.63, 3.8) is 0 Å². The number of sulfonamides is 1. The van der Waals surface area contributed by atoms with Crippen molar-refractivity contribution in [2.45, 2.75) is 11.1 Å². The van der Waals surface area contributed by atoms with Crippen molar-refractivity contribution in [1.82, 2.24) is 0 Å². The van der Waals surface area contributed by atoms with Gasteiger partial charge in [-0.15, -0.1) is 0 Å². The highest BCUT2D eigenvalue weighted by Crippen LogP contribution is 2.39. The lowest BCUT2D eigenvalue weighted by molar-refractivity contribution is -0.137. The minimum Gasteiger partial charge on any atom is -0.506 e. The fourth-order valence-corrected chi connectivity index (χ4v) is 5.61. The normalized spacial score (nSPS) is 14.7. The molecule has 1 amide bonds. The van der Waals surface area contributed by atoms with Gasteiger partial charge in [0.2, 0.25) is 0 Å². The number of aromatic hydroxyl groups is 1. The van der Waals surface area contributed by atoms with E-state index in [0.29, 0.717) is 20.2 Å². The lowest BCUT2D eigenvalue weighted by Gasteiger charge is -2.11. The number of phenolic OH excluding ortho intramolecular Hbond substituents is 1. The molecule has 1 aliphatic rings. The number of phenols is 1. The zero-order chi connectivity index (χ0) is 24.8. The van der Waals surface area contributed by atoms with Crippen LogP contribution in [0.4, 0.5) is 24.5 Å². The predicted octanol–water partition coefficient (Wildman–Crippen LogP) is 6.23. The van der Waals surface area contributed by atoms with E-state index in [2.05, 4.69) is 41.9 Å². The molecule has 0 bridgehead atoms. The number of hydrogen-bond donors (Lipinski definition) is 3. The van der Waals surface area contributed by atoms with E-state index in [4.69, 9.17) is 0 Å². The Hall–Kier alpha value is -2.83. The fraction of sp³-hybridized carbons (Fsp3) is 0.0455. The van der Waals surface area contributed by atoms with Crippen molar-refractivity contribution in [2.24, 2.45) is 0 Å². The summed E-state index contributed by atoms with van der Waals surface area (Å²) in [5.74, 6) is -0.597. The van der Waals surface area contributed by atoms with Gasteiger partial charge < -0.3 is 10.4 Å². The highest BCUT2D eigenvalue weighted by molar-refractivity contribution is 9.11. The summed E-state index contributed by atoms with van der Waals surface area (Å²) in [6.45, 7) is 0. The summed E-state index contributed by atoms with van der Waals surface area (Å²) in [4.78, 5) is 12.3. The molecule has 6 nitrogen and oxygen atoms in total. The smallest absolute Gasteiger partial charge is 0.416 e. The van der Waals surface area contributed by atoms with Gasteiger partial charge in [0, 0.05) is 32.5 Å². The number of alkyl halides is 3. The number of anilines is 2. The Labute approximate surface area is 208 Å². The van der Waals surface area contributed by atoms with Gasteiger partial charge in [0.15, 0.2) is 0 Å². The van der Waals surface area contributed by atoms with Gasteiger partial charge in [-0.2, -0.15) is 13.2 Å². The number of benzene rings is 3. The number of fused-ring (bicyclic) bond motifs is 1. The Kier molecular flexibility index (Phi) is 6.25. The van der Waals surface area contributed by atoms with Crippen LogP contribution in [0.1, 0.15) is 16.7 Å². The highest BCUT2D eigenvalue weighted by Gasteiger charge is 2.30. The first-order valence-electron chi connectivity index (χ1n) is 9.41. The molecule has 0 aliphatic carbocycles. The summed E-state index contributed by atoms with van der Waals surface area (Å²) in [7, 11) is -4.18. The molecule has 0 fully saturated rings. The molecule has 3 N–H and O–H groups in total. The second-order valence-corrected chi connectivity index (χ2v) is 10.7. The molecule has 0 saturated carbocycles. The summed E-state index contributed by atoms with van der Waals surface area (Å²) < 4.78 is 67.2. The maximum atomic E-state index is 12.9. The van der Waals surface area contributed by atoms with Crippen LogP contribution in [0.3, 0.4) is 0 Å². The van der Waals surface area contributed by atoms with Crippen molar-refractivity contribution < 1.29 is 31.5 Å². The predicted molar refractivity (Wildman–Crippen MR) is 129 cm³/mol. The van der Waals surface area contributed by atoms with Gasteiger partial charge in [-0.25, -0.2) is 8.42 Å². The summed E-state index contributed by atoms with van der Waals surface area (Å²) in [5.41, 5.74) is 0.142. The molecule has 0 radical (unpaired) electrons. The number of amides is 1. The van der Waals surface area contributed by atoms with Crippen LogP contribution in [-0.2, 0) is 21.0 Å². The minimum atomic E-state index is -4.54. The van der Waals surface area contributed by atoms with Gasteiger partial charge in [0.05, 0.1) is 14.9 Å². The molecule has 4 rings (SSSR count). The molecule has 3 aromatic carbocycles. The molecule has 0 spiro atoms. The average molecular weight is 618 g/mol. The van der Waals surface area contributed by atoms with Crippen molar-refractivity contribution in [3.05, 3.63) is 80.2 Å². The lowest BCUT2D eigenvalue weighted by atomic mass is 10.0. The van der Waals surface area contributed by atoms with Crippen LogP contribution >= 0.6 is 31.9 Å². The molecule has 1 heterocycles. The van der Waals surface area contributed by atoms with E-state index in [1.807, 2.05) is 0 Å². The molecule has 0 atom stereocenters.